The number of hydrogen-bond acceptors (Lipinski definition) is 2. The smallest absolute Gasteiger partial charge is 0.329 e. The average Bonchev–Trinajstić information content (AvgIpc) is 3.05. The van der Waals surface area contributed by atoms with Crippen molar-refractivity contribution >= 4 is 27.6 Å². The summed E-state index contributed by atoms with van der Waals surface area (Å²) in [4.78, 5) is 11.4. The van der Waals surface area contributed by atoms with Crippen molar-refractivity contribution in [2.45, 2.75) is 31.7 Å². The van der Waals surface area contributed by atoms with Crippen LogP contribution in [-0.2, 0) is 4.79 Å². The number of carboxylic acid groups (broad SMARTS) is 1. The molecule has 92 valence electrons. The number of anilines is 1. The molecule has 1 fully saturated rings. The predicted molar refractivity (Wildman–Crippen MR) is 71.1 cm³/mol. The molecule has 0 saturated heterocycles. The van der Waals surface area contributed by atoms with E-state index in [2.05, 4.69) is 21.2 Å². The first kappa shape index (κ1) is 12.4. The Hall–Kier alpha value is -1.03. The second kappa shape index (κ2) is 4.69. The summed E-state index contributed by atoms with van der Waals surface area (Å²) < 4.78 is 0.892. The van der Waals surface area contributed by atoms with Crippen LogP contribution in [0.4, 0.5) is 5.69 Å². The number of carbonyl (C=O) groups is 1. The number of benzene rings is 1. The van der Waals surface area contributed by atoms with Gasteiger partial charge < -0.3 is 10.4 Å². The van der Waals surface area contributed by atoms with E-state index in [1.165, 1.54) is 0 Å². The van der Waals surface area contributed by atoms with Crippen LogP contribution in [0.3, 0.4) is 0 Å². The molecule has 1 unspecified atom stereocenters. The van der Waals surface area contributed by atoms with Crippen molar-refractivity contribution < 1.29 is 9.90 Å². The van der Waals surface area contributed by atoms with Crippen LogP contribution >= 0.6 is 15.9 Å². The Morgan fingerprint density at radius 2 is 2.18 bits per heavy atom. The Morgan fingerprint density at radius 1 is 1.53 bits per heavy atom. The second-order valence-electron chi connectivity index (χ2n) is 4.89. The average molecular weight is 298 g/mol. The molecule has 4 heteroatoms. The lowest BCUT2D eigenvalue weighted by Crippen LogP contribution is -2.44. The maximum Gasteiger partial charge on any atom is 0.329 e. The molecule has 1 aliphatic carbocycles. The minimum Gasteiger partial charge on any atom is -0.480 e. The molecule has 3 nitrogen and oxygen atoms in total. The fourth-order valence-corrected chi connectivity index (χ4v) is 2.33. The minimum absolute atomic E-state index is 0.561. The molecular weight excluding hydrogens is 282 g/mol. The van der Waals surface area contributed by atoms with Gasteiger partial charge in [-0.2, -0.15) is 0 Å². The van der Waals surface area contributed by atoms with Crippen molar-refractivity contribution in [2.24, 2.45) is 5.92 Å². The quantitative estimate of drug-likeness (QED) is 0.874. The van der Waals surface area contributed by atoms with E-state index in [9.17, 15) is 9.90 Å². The van der Waals surface area contributed by atoms with Gasteiger partial charge >= 0.3 is 5.97 Å². The van der Waals surface area contributed by atoms with Gasteiger partial charge in [0.2, 0.25) is 0 Å². The third-order valence-corrected chi connectivity index (χ3v) is 3.84. The molecule has 0 bridgehead atoms. The third-order valence-electron chi connectivity index (χ3n) is 3.15. The van der Waals surface area contributed by atoms with Gasteiger partial charge in [0.05, 0.1) is 0 Å². The van der Waals surface area contributed by atoms with Crippen LogP contribution in [0.1, 0.15) is 26.2 Å². The number of nitrogens with one attached hydrogen (secondary N) is 1. The van der Waals surface area contributed by atoms with Gasteiger partial charge in [0.25, 0.3) is 0 Å². The van der Waals surface area contributed by atoms with Gasteiger partial charge in [0.1, 0.15) is 5.54 Å². The van der Waals surface area contributed by atoms with Gasteiger partial charge in [0.15, 0.2) is 0 Å². The van der Waals surface area contributed by atoms with Gasteiger partial charge in [0, 0.05) is 10.2 Å². The Bertz CT molecular complexity index is 431. The molecule has 0 amide bonds. The van der Waals surface area contributed by atoms with E-state index in [0.717, 1.165) is 23.0 Å². The second-order valence-corrected chi connectivity index (χ2v) is 5.74. The summed E-state index contributed by atoms with van der Waals surface area (Å²) in [6.07, 6.45) is 2.99. The summed E-state index contributed by atoms with van der Waals surface area (Å²) in [5, 5.41) is 12.5. The topological polar surface area (TPSA) is 49.3 Å². The van der Waals surface area contributed by atoms with Crippen molar-refractivity contribution in [3.8, 4) is 0 Å². The number of aliphatic carboxylic acids is 1. The van der Waals surface area contributed by atoms with Crippen LogP contribution in [0.2, 0.25) is 0 Å². The summed E-state index contributed by atoms with van der Waals surface area (Å²) >= 11 is 3.42. The van der Waals surface area contributed by atoms with Crippen molar-refractivity contribution in [3.63, 3.8) is 0 Å². The molecule has 1 aromatic carbocycles. The molecule has 1 atom stereocenters. The molecule has 0 aliphatic heterocycles. The van der Waals surface area contributed by atoms with Gasteiger partial charge in [-0.3, -0.25) is 0 Å². The minimum atomic E-state index is -0.884. The predicted octanol–water partition coefficient (Wildman–Crippen LogP) is 3.50. The largest absolute Gasteiger partial charge is 0.480 e. The van der Waals surface area contributed by atoms with Gasteiger partial charge in [-0.15, -0.1) is 0 Å². The summed E-state index contributed by atoms with van der Waals surface area (Å²) in [5.74, 6) is -0.230. The van der Waals surface area contributed by atoms with Crippen LogP contribution < -0.4 is 5.32 Å². The Balaban J connectivity index is 2.17. The molecule has 2 rings (SSSR count). The molecular formula is C13H16BrNO2. The van der Waals surface area contributed by atoms with Crippen molar-refractivity contribution in [2.75, 3.05) is 5.32 Å². The number of rotatable bonds is 5. The van der Waals surface area contributed by atoms with Crippen LogP contribution in [0.5, 0.6) is 0 Å². The molecule has 0 aromatic heterocycles. The molecule has 2 N–H and O–H groups in total. The summed E-state index contributed by atoms with van der Waals surface area (Å²) in [7, 11) is 0. The van der Waals surface area contributed by atoms with Crippen molar-refractivity contribution in [1.82, 2.24) is 0 Å². The molecule has 0 heterocycles. The lowest BCUT2D eigenvalue weighted by atomic mass is 9.94. The zero-order valence-corrected chi connectivity index (χ0v) is 11.3. The van der Waals surface area contributed by atoms with Crippen LogP contribution in [0.15, 0.2) is 28.7 Å². The normalized spacial score (nSPS) is 18.5. The highest BCUT2D eigenvalue weighted by Crippen LogP contribution is 2.38. The molecule has 0 spiro atoms. The Labute approximate surface area is 109 Å². The maximum absolute atomic E-state index is 11.4. The lowest BCUT2D eigenvalue weighted by molar-refractivity contribution is -0.142. The van der Waals surface area contributed by atoms with Gasteiger partial charge in [-0.1, -0.05) is 25.0 Å². The molecule has 0 radical (unpaired) electrons. The van der Waals surface area contributed by atoms with Crippen molar-refractivity contribution in [3.05, 3.63) is 28.7 Å². The summed E-state index contributed by atoms with van der Waals surface area (Å²) in [6, 6.07) is 7.60. The highest BCUT2D eigenvalue weighted by Gasteiger charge is 2.39. The summed E-state index contributed by atoms with van der Waals surface area (Å²) in [6.45, 7) is 1.76. The highest BCUT2D eigenvalue weighted by molar-refractivity contribution is 9.10. The third kappa shape index (κ3) is 3.00. The van der Waals surface area contributed by atoms with E-state index in [4.69, 9.17) is 0 Å². The first-order valence-electron chi connectivity index (χ1n) is 5.77. The van der Waals surface area contributed by atoms with Gasteiger partial charge in [-0.25, -0.2) is 4.79 Å². The monoisotopic (exact) mass is 297 g/mol. The fraction of sp³-hybridized carbons (Fsp3) is 0.462. The Morgan fingerprint density at radius 3 is 2.71 bits per heavy atom. The van der Waals surface area contributed by atoms with Gasteiger partial charge in [-0.05, 0) is 47.3 Å². The van der Waals surface area contributed by atoms with Crippen LogP contribution in [-0.4, -0.2) is 16.6 Å². The van der Waals surface area contributed by atoms with Crippen LogP contribution in [0, 0.1) is 5.92 Å². The van der Waals surface area contributed by atoms with E-state index < -0.39 is 11.5 Å². The highest BCUT2D eigenvalue weighted by atomic mass is 79.9. The zero-order chi connectivity index (χ0) is 12.5. The van der Waals surface area contributed by atoms with E-state index in [1.54, 1.807) is 6.92 Å². The molecule has 1 aromatic rings. The number of halogens is 1. The summed E-state index contributed by atoms with van der Waals surface area (Å²) in [5.41, 5.74) is -0.0524. The Kier molecular flexibility index (Phi) is 3.43. The first-order chi connectivity index (χ1) is 8.01. The number of carboxylic acids is 1. The van der Waals surface area contributed by atoms with E-state index in [-0.39, 0.29) is 0 Å². The number of hydrogen-bond donors (Lipinski definition) is 2. The van der Waals surface area contributed by atoms with E-state index in [1.807, 2.05) is 24.3 Å². The number of para-hydroxylation sites is 1. The molecule has 1 saturated carbocycles. The SMILES string of the molecule is CC(CC1CC1)(Nc1ccccc1Br)C(=O)O. The van der Waals surface area contributed by atoms with Crippen molar-refractivity contribution in [1.29, 1.82) is 0 Å². The maximum atomic E-state index is 11.4. The van der Waals surface area contributed by atoms with Crippen LogP contribution in [0.25, 0.3) is 0 Å². The fourth-order valence-electron chi connectivity index (χ4n) is 1.95. The van der Waals surface area contributed by atoms with E-state index in [0.29, 0.717) is 12.3 Å². The van der Waals surface area contributed by atoms with E-state index >= 15 is 0 Å². The molecule has 17 heavy (non-hydrogen) atoms. The standard InChI is InChI=1S/C13H16BrNO2/c1-13(12(16)17,8-9-6-7-9)15-11-5-3-2-4-10(11)14/h2-5,9,15H,6-8H2,1H3,(H,16,17). The first-order valence-corrected chi connectivity index (χ1v) is 6.57. The molecule has 1 aliphatic rings. The zero-order valence-electron chi connectivity index (χ0n) is 9.74. The lowest BCUT2D eigenvalue weighted by Gasteiger charge is -2.28.